The van der Waals surface area contributed by atoms with Crippen molar-refractivity contribution in [2.24, 2.45) is 0 Å². The molecule has 4 aromatic carbocycles. The van der Waals surface area contributed by atoms with Crippen molar-refractivity contribution in [3.8, 4) is 0 Å². The lowest BCUT2D eigenvalue weighted by atomic mass is 9.87. The molecule has 1 aliphatic heterocycles. The van der Waals surface area contributed by atoms with Crippen molar-refractivity contribution in [1.82, 2.24) is 4.57 Å². The number of aromatic nitrogens is 1. The van der Waals surface area contributed by atoms with Gasteiger partial charge in [0.15, 0.2) is 0 Å². The average molecular weight is 564 g/mol. The Morgan fingerprint density at radius 2 is 1.51 bits per heavy atom. The van der Waals surface area contributed by atoms with Crippen molar-refractivity contribution >= 4 is 49.9 Å². The highest BCUT2D eigenvalue weighted by atomic mass is 15.0. The van der Waals surface area contributed by atoms with Crippen LogP contribution in [0.4, 0.5) is 5.69 Å². The number of allylic oxidation sites excluding steroid dienone is 6. The maximum absolute atomic E-state index is 2.56. The van der Waals surface area contributed by atoms with E-state index in [0.717, 1.165) is 25.9 Å². The maximum Gasteiger partial charge on any atom is 0.214 e. The molecule has 2 heterocycles. The number of hydrogen-bond acceptors (Lipinski definition) is 0. The van der Waals surface area contributed by atoms with E-state index in [0.29, 0.717) is 0 Å². The van der Waals surface area contributed by atoms with Crippen molar-refractivity contribution in [2.75, 3.05) is 6.54 Å². The molecule has 0 spiro atoms. The highest BCUT2D eigenvalue weighted by molar-refractivity contribution is 6.19. The quantitative estimate of drug-likeness (QED) is 0.158. The molecule has 0 N–H and O–H groups in total. The van der Waals surface area contributed by atoms with Crippen LogP contribution in [0.25, 0.3) is 38.5 Å². The number of benzene rings is 4. The Hall–Kier alpha value is -4.17. The van der Waals surface area contributed by atoms with Gasteiger partial charge in [0, 0.05) is 46.7 Å². The lowest BCUT2D eigenvalue weighted by molar-refractivity contribution is -0.436. The summed E-state index contributed by atoms with van der Waals surface area (Å²) in [6.45, 7) is 9.03. The zero-order valence-corrected chi connectivity index (χ0v) is 26.0. The molecule has 0 fully saturated rings. The van der Waals surface area contributed by atoms with Gasteiger partial charge in [0.1, 0.15) is 6.54 Å². The first-order chi connectivity index (χ1) is 21.2. The number of hydrogen-bond donors (Lipinski definition) is 0. The fraction of sp³-hybridized carbons (Fsp3) is 0.293. The number of aryl methyl sites for hydroxylation is 1. The second kappa shape index (κ2) is 11.8. The van der Waals surface area contributed by atoms with Gasteiger partial charge in [-0.25, -0.2) is 0 Å². The molecule has 1 aliphatic carbocycles. The molecule has 0 atom stereocenters. The SMILES string of the molecule is CCCCn1/c(=C/C=C2\CCCC(/C=C/C3=[N+](CCCC)c4cccc5cccc3c45)=C2C)c2cccc3cccc1c32. The molecule has 2 heteroatoms. The summed E-state index contributed by atoms with van der Waals surface area (Å²) in [5.74, 6) is 0. The highest BCUT2D eigenvalue weighted by Gasteiger charge is 2.30. The van der Waals surface area contributed by atoms with Crippen LogP contribution in [0, 0.1) is 0 Å². The molecular weight excluding hydrogens is 520 g/mol. The maximum atomic E-state index is 2.56. The molecule has 0 radical (unpaired) electrons. The molecule has 0 amide bonds. The van der Waals surface area contributed by atoms with Crippen LogP contribution in [0.1, 0.15) is 71.3 Å². The summed E-state index contributed by atoms with van der Waals surface area (Å²) < 4.78 is 5.11. The molecule has 0 saturated carbocycles. The monoisotopic (exact) mass is 563 g/mol. The summed E-state index contributed by atoms with van der Waals surface area (Å²) in [6, 6.07) is 27.0. The molecule has 1 aromatic heterocycles. The van der Waals surface area contributed by atoms with Gasteiger partial charge >= 0.3 is 0 Å². The van der Waals surface area contributed by atoms with Gasteiger partial charge in [-0.3, -0.25) is 0 Å². The van der Waals surface area contributed by atoms with Gasteiger partial charge in [-0.2, -0.15) is 4.58 Å². The van der Waals surface area contributed by atoms with Crippen LogP contribution in [0.5, 0.6) is 0 Å². The first-order valence-electron chi connectivity index (χ1n) is 16.4. The lowest BCUT2D eigenvalue weighted by Gasteiger charge is -2.18. The second-order valence-corrected chi connectivity index (χ2v) is 12.3. The predicted octanol–water partition coefficient (Wildman–Crippen LogP) is 10.2. The van der Waals surface area contributed by atoms with Crippen LogP contribution < -0.4 is 5.35 Å². The fourth-order valence-corrected chi connectivity index (χ4v) is 7.37. The normalized spacial score (nSPS) is 16.9. The number of nitrogens with zero attached hydrogens (tertiary/aromatic N) is 2. The Balaban J connectivity index is 1.29. The summed E-state index contributed by atoms with van der Waals surface area (Å²) in [6.07, 6.45) is 17.9. The molecule has 0 bridgehead atoms. The van der Waals surface area contributed by atoms with E-state index in [4.69, 9.17) is 0 Å². The van der Waals surface area contributed by atoms with E-state index in [9.17, 15) is 0 Å². The van der Waals surface area contributed by atoms with Crippen molar-refractivity contribution in [1.29, 1.82) is 0 Å². The van der Waals surface area contributed by atoms with E-state index in [1.54, 1.807) is 0 Å². The highest BCUT2D eigenvalue weighted by Crippen LogP contribution is 2.36. The first-order valence-corrected chi connectivity index (χ1v) is 16.4. The zero-order valence-electron chi connectivity index (χ0n) is 26.0. The van der Waals surface area contributed by atoms with Crippen LogP contribution in [-0.4, -0.2) is 21.4 Å². The Morgan fingerprint density at radius 3 is 2.33 bits per heavy atom. The molecular formula is C41H43N2+. The van der Waals surface area contributed by atoms with Crippen molar-refractivity contribution in [3.05, 3.63) is 119 Å². The second-order valence-electron chi connectivity index (χ2n) is 12.3. The van der Waals surface area contributed by atoms with Gasteiger partial charge < -0.3 is 4.57 Å². The van der Waals surface area contributed by atoms with E-state index in [1.807, 2.05) is 0 Å². The third-order valence-electron chi connectivity index (χ3n) is 9.69. The molecule has 43 heavy (non-hydrogen) atoms. The summed E-state index contributed by atoms with van der Waals surface area (Å²) in [5.41, 5.74) is 9.84. The molecule has 216 valence electrons. The first kappa shape index (κ1) is 27.7. The van der Waals surface area contributed by atoms with E-state index < -0.39 is 0 Å². The van der Waals surface area contributed by atoms with Crippen LogP contribution in [0.15, 0.2) is 108 Å². The number of unbranched alkanes of at least 4 members (excludes halogenated alkanes) is 2. The molecule has 2 nitrogen and oxygen atoms in total. The van der Waals surface area contributed by atoms with Crippen LogP contribution >= 0.6 is 0 Å². The van der Waals surface area contributed by atoms with Gasteiger partial charge in [-0.1, -0.05) is 93.4 Å². The average Bonchev–Trinajstić information content (AvgIpc) is 3.51. The predicted molar refractivity (Wildman–Crippen MR) is 186 cm³/mol. The van der Waals surface area contributed by atoms with Gasteiger partial charge in [0.25, 0.3) is 0 Å². The summed E-state index contributed by atoms with van der Waals surface area (Å²) in [4.78, 5) is 0. The minimum atomic E-state index is 1.06. The summed E-state index contributed by atoms with van der Waals surface area (Å²) >= 11 is 0. The summed E-state index contributed by atoms with van der Waals surface area (Å²) in [5, 5.41) is 8.21. The van der Waals surface area contributed by atoms with E-state index in [2.05, 4.69) is 127 Å². The van der Waals surface area contributed by atoms with Crippen molar-refractivity contribution in [2.45, 2.75) is 72.3 Å². The zero-order chi connectivity index (χ0) is 29.3. The number of rotatable bonds is 9. The minimum absolute atomic E-state index is 1.06. The topological polar surface area (TPSA) is 7.94 Å². The third-order valence-corrected chi connectivity index (χ3v) is 9.69. The van der Waals surface area contributed by atoms with E-state index in [-0.39, 0.29) is 0 Å². The minimum Gasteiger partial charge on any atom is -0.340 e. The molecule has 0 saturated heterocycles. The van der Waals surface area contributed by atoms with E-state index >= 15 is 0 Å². The van der Waals surface area contributed by atoms with Crippen molar-refractivity contribution < 1.29 is 4.58 Å². The van der Waals surface area contributed by atoms with Gasteiger partial charge in [-0.05, 0) is 78.3 Å². The Kier molecular flexibility index (Phi) is 7.61. The van der Waals surface area contributed by atoms with Crippen LogP contribution in [0.3, 0.4) is 0 Å². The Labute approximate surface area is 256 Å². The van der Waals surface area contributed by atoms with Crippen LogP contribution in [-0.2, 0) is 6.54 Å². The smallest absolute Gasteiger partial charge is 0.214 e. The lowest BCUT2D eigenvalue weighted by Crippen LogP contribution is -2.16. The Morgan fingerprint density at radius 1 is 0.767 bits per heavy atom. The standard InChI is InChI=1S/C41H43N2/c1-4-6-27-42-36(34-19-9-15-32-17-11-21-38(42)40(32)34)25-23-30-13-8-14-31(29(30)3)24-26-37-35-20-10-16-33-18-12-22-39(41(33)35)43(37)28-7-5-2/h9-12,15-26H,4-8,13-14,27-28H2,1-3H3/q+1. The third kappa shape index (κ3) is 4.87. The molecule has 0 unspecified atom stereocenters. The van der Waals surface area contributed by atoms with Gasteiger partial charge in [0.2, 0.25) is 11.4 Å². The fourth-order valence-electron chi connectivity index (χ4n) is 7.37. The van der Waals surface area contributed by atoms with Gasteiger partial charge in [-0.15, -0.1) is 0 Å². The molecule has 2 aliphatic rings. The van der Waals surface area contributed by atoms with Crippen molar-refractivity contribution in [3.63, 3.8) is 0 Å². The molecule has 7 rings (SSSR count). The van der Waals surface area contributed by atoms with Gasteiger partial charge in [0.05, 0.1) is 10.9 Å². The Bertz CT molecular complexity index is 2010. The molecule has 5 aromatic rings. The summed E-state index contributed by atoms with van der Waals surface area (Å²) in [7, 11) is 0. The van der Waals surface area contributed by atoms with Crippen LogP contribution in [0.2, 0.25) is 0 Å². The van der Waals surface area contributed by atoms with E-state index in [1.165, 1.54) is 104 Å². The largest absolute Gasteiger partial charge is 0.340 e.